The highest BCUT2D eigenvalue weighted by Crippen LogP contribution is 2.28. The number of nitrogens with one attached hydrogen (secondary N) is 2. The first-order chi connectivity index (χ1) is 13.7. The number of hydrogen-bond acceptors (Lipinski definition) is 7. The second-order valence-electron chi connectivity index (χ2n) is 7.25. The molecule has 2 rings (SSSR count). The molecule has 2 N–H and O–H groups in total. The maximum Gasteiger partial charge on any atom is 0.421 e. The summed E-state index contributed by atoms with van der Waals surface area (Å²) in [6.07, 6.45) is 0.00944. The summed E-state index contributed by atoms with van der Waals surface area (Å²) in [5.41, 5.74) is 0.178. The van der Waals surface area contributed by atoms with Crippen LogP contribution in [-0.2, 0) is 14.8 Å². The van der Waals surface area contributed by atoms with Gasteiger partial charge in [-0.2, -0.15) is 8.42 Å². The quantitative estimate of drug-likeness (QED) is 0.643. The minimum Gasteiger partial charge on any atom is -0.443 e. The molecule has 0 fully saturated rings. The van der Waals surface area contributed by atoms with Crippen molar-refractivity contribution in [2.24, 2.45) is 0 Å². The predicted octanol–water partition coefficient (Wildman–Crippen LogP) is 3.87. The van der Waals surface area contributed by atoms with E-state index in [0.29, 0.717) is 16.3 Å². The van der Waals surface area contributed by atoms with Gasteiger partial charge in [-0.05, 0) is 46.2 Å². The van der Waals surface area contributed by atoms with Gasteiger partial charge >= 0.3 is 6.09 Å². The Bertz CT molecular complexity index is 1110. The summed E-state index contributed by atoms with van der Waals surface area (Å²) in [5.74, 6) is -0.637. The summed E-state index contributed by atoms with van der Waals surface area (Å²) >= 11 is 12.2. The fourth-order valence-corrected chi connectivity index (χ4v) is 3.68. The summed E-state index contributed by atoms with van der Waals surface area (Å²) in [4.78, 5) is 32.2. The summed E-state index contributed by atoms with van der Waals surface area (Å²) in [6, 6.07) is 2.45. The van der Waals surface area contributed by atoms with E-state index in [0.717, 1.165) is 12.3 Å². The lowest BCUT2D eigenvalue weighted by Crippen LogP contribution is -2.36. The van der Waals surface area contributed by atoms with Crippen LogP contribution in [0, 0.1) is 13.8 Å². The van der Waals surface area contributed by atoms with Crippen molar-refractivity contribution in [2.45, 2.75) is 45.2 Å². The van der Waals surface area contributed by atoms with Gasteiger partial charge in [0, 0.05) is 18.0 Å². The Morgan fingerprint density at radius 1 is 1.17 bits per heavy atom. The van der Waals surface area contributed by atoms with E-state index in [-0.39, 0.29) is 16.4 Å². The molecule has 0 spiro atoms. The third kappa shape index (κ3) is 5.80. The molecule has 0 saturated heterocycles. The Labute approximate surface area is 184 Å². The van der Waals surface area contributed by atoms with E-state index < -0.39 is 32.7 Å². The molecular weight excluding hydrogens is 455 g/mol. The smallest absolute Gasteiger partial charge is 0.421 e. The molecule has 162 valence electrons. The maximum absolute atomic E-state index is 12.7. The van der Waals surface area contributed by atoms with Crippen LogP contribution in [0.1, 0.15) is 42.4 Å². The zero-order chi connectivity index (χ0) is 22.9. The fraction of sp³-hybridized carbons (Fsp3) is 0.333. The van der Waals surface area contributed by atoms with Crippen molar-refractivity contribution in [3.63, 3.8) is 0 Å². The van der Waals surface area contributed by atoms with Crippen molar-refractivity contribution in [2.75, 3.05) is 5.32 Å². The Balaban J connectivity index is 2.27. The van der Waals surface area contributed by atoms with Gasteiger partial charge in [0.25, 0.3) is 15.9 Å². The molecule has 0 unspecified atom stereocenters. The first-order valence-electron chi connectivity index (χ1n) is 8.56. The summed E-state index contributed by atoms with van der Waals surface area (Å²) in [5, 5.41) is 2.28. The first-order valence-corrected chi connectivity index (χ1v) is 10.8. The van der Waals surface area contributed by atoms with Gasteiger partial charge in [-0.15, -0.1) is 0 Å². The second kappa shape index (κ2) is 8.75. The molecule has 0 aromatic carbocycles. The summed E-state index contributed by atoms with van der Waals surface area (Å²) in [6.45, 7) is 8.04. The van der Waals surface area contributed by atoms with Gasteiger partial charge in [-0.25, -0.2) is 19.5 Å². The maximum atomic E-state index is 12.7. The van der Waals surface area contributed by atoms with E-state index in [9.17, 15) is 18.0 Å². The van der Waals surface area contributed by atoms with Crippen LogP contribution in [0.4, 0.5) is 10.5 Å². The number of anilines is 1. The van der Waals surface area contributed by atoms with E-state index in [1.54, 1.807) is 39.3 Å². The van der Waals surface area contributed by atoms with Gasteiger partial charge in [0.15, 0.2) is 5.03 Å². The number of ether oxygens (including phenoxy) is 1. The summed E-state index contributed by atoms with van der Waals surface area (Å²) < 4.78 is 31.5. The molecule has 2 aromatic heterocycles. The van der Waals surface area contributed by atoms with Crippen LogP contribution >= 0.6 is 23.2 Å². The molecule has 0 bridgehead atoms. The van der Waals surface area contributed by atoms with Gasteiger partial charge < -0.3 is 10.1 Å². The number of amides is 2. The third-order valence-electron chi connectivity index (χ3n) is 3.61. The number of sulfonamides is 1. The number of carbonyl (C=O) groups is 2. The van der Waals surface area contributed by atoms with Crippen molar-refractivity contribution in [3.8, 4) is 0 Å². The Hall–Kier alpha value is -2.43. The molecular formula is C18H20Cl2N4O5S. The Morgan fingerprint density at radius 2 is 1.80 bits per heavy atom. The van der Waals surface area contributed by atoms with Crippen molar-refractivity contribution >= 4 is 50.9 Å². The zero-order valence-electron chi connectivity index (χ0n) is 16.8. The van der Waals surface area contributed by atoms with Crippen LogP contribution in [0.2, 0.25) is 10.2 Å². The molecule has 0 aliphatic carbocycles. The normalized spacial score (nSPS) is 11.7. The summed E-state index contributed by atoms with van der Waals surface area (Å²) in [7, 11) is -4.33. The molecule has 9 nitrogen and oxygen atoms in total. The number of carbonyl (C=O) groups excluding carboxylic acids is 2. The van der Waals surface area contributed by atoms with Crippen LogP contribution in [-0.4, -0.2) is 36.0 Å². The van der Waals surface area contributed by atoms with E-state index in [4.69, 9.17) is 27.9 Å². The van der Waals surface area contributed by atoms with E-state index in [1.165, 1.54) is 6.07 Å². The van der Waals surface area contributed by atoms with Gasteiger partial charge in [-0.1, -0.05) is 23.2 Å². The van der Waals surface area contributed by atoms with Crippen molar-refractivity contribution in [1.82, 2.24) is 14.7 Å². The highest BCUT2D eigenvalue weighted by atomic mass is 35.5. The fourth-order valence-electron chi connectivity index (χ4n) is 2.34. The molecule has 2 amide bonds. The molecule has 30 heavy (non-hydrogen) atoms. The monoisotopic (exact) mass is 474 g/mol. The SMILES string of the molecule is Cc1nc(Cl)c(C(=O)Nc2ccnc(S(=O)(=O)NC(=O)OC(C)(C)C)c2)c(C)c1Cl. The van der Waals surface area contributed by atoms with Crippen molar-refractivity contribution in [3.05, 3.63) is 45.3 Å². The van der Waals surface area contributed by atoms with Gasteiger partial charge in [0.2, 0.25) is 0 Å². The minimum absolute atomic E-state index is 0.0413. The average Bonchev–Trinajstić information content (AvgIpc) is 2.57. The number of aryl methyl sites for hydroxylation is 1. The number of hydrogen-bond donors (Lipinski definition) is 2. The Kier molecular flexibility index (Phi) is 6.95. The van der Waals surface area contributed by atoms with Crippen molar-refractivity contribution in [1.29, 1.82) is 0 Å². The average molecular weight is 475 g/mol. The van der Waals surface area contributed by atoms with E-state index in [1.807, 2.05) is 0 Å². The molecule has 2 aromatic rings. The molecule has 0 aliphatic rings. The van der Waals surface area contributed by atoms with Crippen LogP contribution < -0.4 is 10.0 Å². The Morgan fingerprint density at radius 3 is 2.40 bits per heavy atom. The number of aromatic nitrogens is 2. The molecule has 0 atom stereocenters. The largest absolute Gasteiger partial charge is 0.443 e. The lowest BCUT2D eigenvalue weighted by Gasteiger charge is -2.19. The standard InChI is InChI=1S/C18H20Cl2N4O5S/c1-9-13(15(20)22-10(2)14(9)19)16(25)23-11-6-7-21-12(8-11)30(27,28)24-17(26)29-18(3,4)5/h6-8H,1-5H3,(H,24,26)(H,21,23,25). The number of nitrogens with zero attached hydrogens (tertiary/aromatic N) is 2. The molecule has 0 saturated carbocycles. The zero-order valence-corrected chi connectivity index (χ0v) is 19.2. The first kappa shape index (κ1) is 23.8. The van der Waals surface area contributed by atoms with E-state index >= 15 is 0 Å². The minimum atomic E-state index is -4.33. The van der Waals surface area contributed by atoms with E-state index in [2.05, 4.69) is 15.3 Å². The predicted molar refractivity (Wildman–Crippen MR) is 112 cm³/mol. The lowest BCUT2D eigenvalue weighted by atomic mass is 10.1. The van der Waals surface area contributed by atoms with Crippen LogP contribution in [0.25, 0.3) is 0 Å². The molecule has 0 radical (unpaired) electrons. The van der Waals surface area contributed by atoms with Crippen LogP contribution in [0.5, 0.6) is 0 Å². The third-order valence-corrected chi connectivity index (χ3v) is 5.65. The lowest BCUT2D eigenvalue weighted by molar-refractivity contribution is 0.0570. The molecule has 12 heteroatoms. The number of pyridine rings is 2. The highest BCUT2D eigenvalue weighted by molar-refractivity contribution is 7.90. The second-order valence-corrected chi connectivity index (χ2v) is 9.61. The molecule has 2 heterocycles. The van der Waals surface area contributed by atoms with Crippen LogP contribution in [0.3, 0.4) is 0 Å². The van der Waals surface area contributed by atoms with Gasteiger partial charge in [-0.3, -0.25) is 4.79 Å². The number of rotatable bonds is 4. The highest BCUT2D eigenvalue weighted by Gasteiger charge is 2.25. The van der Waals surface area contributed by atoms with Crippen LogP contribution in [0.15, 0.2) is 23.4 Å². The number of halogens is 2. The van der Waals surface area contributed by atoms with Gasteiger partial charge in [0.1, 0.15) is 10.8 Å². The van der Waals surface area contributed by atoms with Gasteiger partial charge in [0.05, 0.1) is 16.3 Å². The topological polar surface area (TPSA) is 127 Å². The molecule has 0 aliphatic heterocycles. The van der Waals surface area contributed by atoms with Crippen molar-refractivity contribution < 1.29 is 22.7 Å².